The highest BCUT2D eigenvalue weighted by atomic mass is 125. The van der Waals surface area contributed by atoms with Crippen molar-refractivity contribution in [1.82, 2.24) is 0 Å². The highest BCUT2D eigenvalue weighted by Crippen LogP contribution is 2.20. The molecule has 1 amide bonds. The molecule has 21 heavy (non-hydrogen) atoms. The fraction of sp³-hybridized carbons (Fsp3) is 0.125. The number of carbonyl (C=O) groups excluding carboxylic acids is 2. The van der Waals surface area contributed by atoms with Gasteiger partial charge >= 0.3 is 0 Å². The van der Waals surface area contributed by atoms with Gasteiger partial charge in [-0.05, 0) is 59.3 Å². The molecule has 0 unspecified atom stereocenters. The summed E-state index contributed by atoms with van der Waals surface area (Å²) in [6.07, 6.45) is 0.379. The van der Waals surface area contributed by atoms with Gasteiger partial charge in [-0.15, -0.1) is 0 Å². The minimum atomic E-state index is -0.216. The Labute approximate surface area is 136 Å². The van der Waals surface area contributed by atoms with Gasteiger partial charge in [-0.3, -0.25) is 9.59 Å². The largest absolute Gasteiger partial charge is 0.397 e. The summed E-state index contributed by atoms with van der Waals surface area (Å²) in [6.45, 7) is 1.55. The molecule has 4 nitrogen and oxygen atoms in total. The maximum absolute atomic E-state index is 12.3. The van der Waals surface area contributed by atoms with Gasteiger partial charge in [0.1, 0.15) is 5.78 Å². The number of nitrogens with one attached hydrogen (secondary N) is 1. The Hall–Kier alpha value is -1.89. The maximum Gasteiger partial charge on any atom is 0.256 e. The Morgan fingerprint density at radius 3 is 2.52 bits per heavy atom. The molecule has 0 radical (unpaired) electrons. The Morgan fingerprint density at radius 2 is 1.90 bits per heavy atom. The Kier molecular flexibility index (Phi) is 4.95. The van der Waals surface area contributed by atoms with Gasteiger partial charge in [-0.25, -0.2) is 0 Å². The molecular formula is C16H15IN2O2. The zero-order valence-corrected chi connectivity index (χ0v) is 13.7. The van der Waals surface area contributed by atoms with Gasteiger partial charge in [0.2, 0.25) is 0 Å². The number of anilines is 2. The van der Waals surface area contributed by atoms with Crippen molar-refractivity contribution >= 4 is 45.7 Å². The molecule has 2 aromatic carbocycles. The van der Waals surface area contributed by atoms with E-state index < -0.39 is 0 Å². The highest BCUT2D eigenvalue weighted by molar-refractivity contribution is 14.1. The number of para-hydroxylation sites is 2. The third kappa shape index (κ3) is 4.04. The fourth-order valence-corrected chi connectivity index (χ4v) is 2.77. The smallest absolute Gasteiger partial charge is 0.256 e. The molecule has 0 bridgehead atoms. The predicted molar refractivity (Wildman–Crippen MR) is 92.4 cm³/mol. The number of hydrogen-bond donors (Lipinski definition) is 2. The van der Waals surface area contributed by atoms with Crippen LogP contribution < -0.4 is 11.1 Å². The Bertz CT molecular complexity index is 698. The number of halogens is 1. The van der Waals surface area contributed by atoms with Gasteiger partial charge in [-0.2, -0.15) is 0 Å². The minimum absolute atomic E-state index is 0.0973. The SMILES string of the molecule is CC(=O)Cc1ccc(C(=O)Nc2ccccc2N)c([125I])c1. The Balaban J connectivity index is 2.20. The first kappa shape index (κ1) is 15.5. The summed E-state index contributed by atoms with van der Waals surface area (Å²) in [5.74, 6) is -0.119. The normalized spacial score (nSPS) is 10.2. The van der Waals surface area contributed by atoms with Gasteiger partial charge in [0, 0.05) is 9.99 Å². The molecule has 0 saturated carbocycles. The van der Waals surface area contributed by atoms with Crippen molar-refractivity contribution in [3.63, 3.8) is 0 Å². The number of rotatable bonds is 4. The Morgan fingerprint density at radius 1 is 1.19 bits per heavy atom. The summed E-state index contributed by atoms with van der Waals surface area (Å²) in [7, 11) is 0. The van der Waals surface area contributed by atoms with Gasteiger partial charge in [0.15, 0.2) is 0 Å². The van der Waals surface area contributed by atoms with Crippen LogP contribution in [0.4, 0.5) is 11.4 Å². The van der Waals surface area contributed by atoms with E-state index in [2.05, 4.69) is 27.9 Å². The molecule has 0 heterocycles. The number of Topliss-reactive ketones (excluding diaryl/α,β-unsaturated/α-hetero) is 1. The number of amides is 1. The molecule has 3 N–H and O–H groups in total. The van der Waals surface area contributed by atoms with Crippen molar-refractivity contribution < 1.29 is 9.59 Å². The highest BCUT2D eigenvalue weighted by Gasteiger charge is 2.12. The molecule has 108 valence electrons. The second kappa shape index (κ2) is 6.71. The van der Waals surface area contributed by atoms with E-state index in [4.69, 9.17) is 5.73 Å². The molecule has 0 aliphatic rings. The summed E-state index contributed by atoms with van der Waals surface area (Å²) >= 11 is 2.10. The predicted octanol–water partition coefficient (Wildman–Crippen LogP) is 3.26. The monoisotopic (exact) mass is 392 g/mol. The maximum atomic E-state index is 12.3. The molecular weight excluding hydrogens is 377 g/mol. The first-order valence-corrected chi connectivity index (χ1v) is 7.49. The van der Waals surface area contributed by atoms with E-state index in [1.54, 1.807) is 31.2 Å². The van der Waals surface area contributed by atoms with Crippen LogP contribution in [0.5, 0.6) is 0 Å². The lowest BCUT2D eigenvalue weighted by Crippen LogP contribution is -2.15. The molecule has 0 saturated heterocycles. The second-order valence-corrected chi connectivity index (χ2v) is 5.90. The number of nitrogen functional groups attached to an aromatic ring is 1. The van der Waals surface area contributed by atoms with Crippen molar-refractivity contribution in [2.24, 2.45) is 0 Å². The summed E-state index contributed by atoms with van der Waals surface area (Å²) in [5, 5.41) is 2.79. The minimum Gasteiger partial charge on any atom is -0.397 e. The third-order valence-corrected chi connectivity index (χ3v) is 3.83. The molecule has 0 aliphatic heterocycles. The van der Waals surface area contributed by atoms with Gasteiger partial charge in [-0.1, -0.05) is 18.2 Å². The van der Waals surface area contributed by atoms with E-state index in [1.165, 1.54) is 0 Å². The van der Waals surface area contributed by atoms with Crippen LogP contribution in [0.3, 0.4) is 0 Å². The van der Waals surface area contributed by atoms with E-state index in [-0.39, 0.29) is 11.7 Å². The van der Waals surface area contributed by atoms with Crippen molar-refractivity contribution in [1.29, 1.82) is 0 Å². The second-order valence-electron chi connectivity index (χ2n) is 4.73. The van der Waals surface area contributed by atoms with Gasteiger partial charge < -0.3 is 11.1 Å². The molecule has 0 atom stereocenters. The van der Waals surface area contributed by atoms with Crippen LogP contribution in [0.2, 0.25) is 0 Å². The number of ketones is 1. The standard InChI is InChI=1S/C16H15IN2O2/c1-10(20)8-11-6-7-12(13(17)9-11)16(21)19-15-5-3-2-4-14(15)18/h2-7,9H,8,18H2,1H3,(H,19,21)/i17-2. The number of carbonyl (C=O) groups is 2. The summed E-state index contributed by atoms with van der Waals surface area (Å²) in [4.78, 5) is 23.4. The molecule has 2 rings (SSSR count). The summed E-state index contributed by atoms with van der Waals surface area (Å²) in [5.41, 5.74) is 8.39. The van der Waals surface area contributed by atoms with Gasteiger partial charge in [0.05, 0.1) is 16.9 Å². The van der Waals surface area contributed by atoms with Crippen molar-refractivity contribution in [2.45, 2.75) is 13.3 Å². The third-order valence-electron chi connectivity index (χ3n) is 2.94. The van der Waals surface area contributed by atoms with Crippen LogP contribution >= 0.6 is 22.6 Å². The number of benzene rings is 2. The molecule has 0 fully saturated rings. The number of hydrogen-bond acceptors (Lipinski definition) is 3. The van der Waals surface area contributed by atoms with E-state index in [1.807, 2.05) is 18.2 Å². The van der Waals surface area contributed by atoms with E-state index >= 15 is 0 Å². The van der Waals surface area contributed by atoms with Crippen molar-refractivity contribution in [2.75, 3.05) is 11.1 Å². The van der Waals surface area contributed by atoms with Crippen LogP contribution in [0, 0.1) is 3.57 Å². The molecule has 2 aromatic rings. The lowest BCUT2D eigenvalue weighted by molar-refractivity contribution is -0.116. The molecule has 0 spiro atoms. The fourth-order valence-electron chi connectivity index (χ4n) is 1.94. The van der Waals surface area contributed by atoms with Crippen molar-refractivity contribution in [3.8, 4) is 0 Å². The zero-order valence-electron chi connectivity index (χ0n) is 11.5. The van der Waals surface area contributed by atoms with E-state index in [9.17, 15) is 9.59 Å². The lowest BCUT2D eigenvalue weighted by Gasteiger charge is -2.10. The van der Waals surface area contributed by atoms with Crippen LogP contribution in [0.25, 0.3) is 0 Å². The average Bonchev–Trinajstić information content (AvgIpc) is 2.40. The van der Waals surface area contributed by atoms with Crippen LogP contribution in [0.1, 0.15) is 22.8 Å². The van der Waals surface area contributed by atoms with E-state index in [0.717, 1.165) is 9.13 Å². The van der Waals surface area contributed by atoms with Gasteiger partial charge in [0.25, 0.3) is 5.91 Å². The van der Waals surface area contributed by atoms with Crippen LogP contribution in [-0.2, 0) is 11.2 Å². The average molecular weight is 392 g/mol. The molecule has 0 aliphatic carbocycles. The zero-order chi connectivity index (χ0) is 15.4. The molecule has 0 aromatic heterocycles. The van der Waals surface area contributed by atoms with Crippen molar-refractivity contribution in [3.05, 3.63) is 57.2 Å². The number of nitrogens with two attached hydrogens (primary N) is 1. The van der Waals surface area contributed by atoms with E-state index in [0.29, 0.717) is 23.4 Å². The van der Waals surface area contributed by atoms with Crippen LogP contribution in [0.15, 0.2) is 42.5 Å². The summed E-state index contributed by atoms with van der Waals surface area (Å²) < 4.78 is 0.804. The topological polar surface area (TPSA) is 72.2 Å². The first-order chi connectivity index (χ1) is 9.97. The molecule has 5 heteroatoms. The first-order valence-electron chi connectivity index (χ1n) is 6.41. The quantitative estimate of drug-likeness (QED) is 0.620. The summed E-state index contributed by atoms with van der Waals surface area (Å²) in [6, 6.07) is 12.5. The van der Waals surface area contributed by atoms with Crippen LogP contribution in [-0.4, -0.2) is 11.7 Å². The lowest BCUT2D eigenvalue weighted by atomic mass is 10.1.